The van der Waals surface area contributed by atoms with Crippen LogP contribution in [-0.2, 0) is 13.2 Å². The molecule has 20 heavy (non-hydrogen) atoms. The zero-order valence-electron chi connectivity index (χ0n) is 11.5. The average Bonchev–Trinajstić information content (AvgIpc) is 3.16. The van der Waals surface area contributed by atoms with Crippen molar-refractivity contribution in [2.45, 2.75) is 39.0 Å². The van der Waals surface area contributed by atoms with Crippen molar-refractivity contribution in [1.29, 1.82) is 0 Å². The Morgan fingerprint density at radius 3 is 2.85 bits per heavy atom. The molecule has 1 aromatic heterocycles. The van der Waals surface area contributed by atoms with Crippen LogP contribution >= 0.6 is 0 Å². The number of benzene rings is 1. The van der Waals surface area contributed by atoms with E-state index < -0.39 is 0 Å². The van der Waals surface area contributed by atoms with Gasteiger partial charge >= 0.3 is 0 Å². The van der Waals surface area contributed by atoms with Gasteiger partial charge in [-0.25, -0.2) is 4.39 Å². The molecule has 0 aliphatic heterocycles. The Balaban J connectivity index is 1.55. The minimum atomic E-state index is -0.292. The molecule has 0 bridgehead atoms. The summed E-state index contributed by atoms with van der Waals surface area (Å²) in [6.45, 7) is 2.96. The molecule has 2 aromatic rings. The van der Waals surface area contributed by atoms with Gasteiger partial charge in [-0.2, -0.15) is 0 Å². The first-order chi connectivity index (χ1) is 9.70. The van der Waals surface area contributed by atoms with Crippen LogP contribution in [0.25, 0.3) is 0 Å². The smallest absolute Gasteiger partial charge is 0.146 e. The summed E-state index contributed by atoms with van der Waals surface area (Å²) in [5.74, 6) is 1.92. The van der Waals surface area contributed by atoms with Crippen LogP contribution in [0.4, 0.5) is 4.39 Å². The van der Waals surface area contributed by atoms with Gasteiger partial charge in [0, 0.05) is 12.1 Å². The summed E-state index contributed by atoms with van der Waals surface area (Å²) >= 11 is 0. The molecule has 3 rings (SSSR count). The van der Waals surface area contributed by atoms with Gasteiger partial charge in [-0.05, 0) is 43.5 Å². The van der Waals surface area contributed by atoms with E-state index in [1.807, 2.05) is 19.1 Å². The molecule has 1 saturated carbocycles. The Morgan fingerprint density at radius 2 is 2.05 bits per heavy atom. The van der Waals surface area contributed by atoms with Gasteiger partial charge in [0.1, 0.15) is 29.7 Å². The molecule has 3 nitrogen and oxygen atoms in total. The molecule has 1 aliphatic rings. The molecule has 1 aromatic carbocycles. The molecule has 4 heteroatoms. The highest BCUT2D eigenvalue weighted by Crippen LogP contribution is 2.22. The van der Waals surface area contributed by atoms with Gasteiger partial charge in [-0.1, -0.05) is 6.07 Å². The Kier molecular flexibility index (Phi) is 3.74. The normalized spacial score (nSPS) is 14.5. The molecule has 1 N–H and O–H groups in total. The van der Waals surface area contributed by atoms with Crippen LogP contribution in [0.2, 0.25) is 0 Å². The highest BCUT2D eigenvalue weighted by Gasteiger charge is 2.20. The molecular weight excluding hydrogens is 257 g/mol. The molecule has 1 aliphatic carbocycles. The molecule has 1 fully saturated rings. The lowest BCUT2D eigenvalue weighted by atomic mass is 10.2. The molecule has 1 heterocycles. The molecule has 0 radical (unpaired) electrons. The maximum Gasteiger partial charge on any atom is 0.146 e. The van der Waals surface area contributed by atoms with Crippen LogP contribution in [-0.4, -0.2) is 6.04 Å². The predicted octanol–water partition coefficient (Wildman–Crippen LogP) is 3.56. The van der Waals surface area contributed by atoms with Crippen molar-refractivity contribution in [2.75, 3.05) is 0 Å². The van der Waals surface area contributed by atoms with E-state index in [0.29, 0.717) is 18.4 Å². The van der Waals surface area contributed by atoms with E-state index in [-0.39, 0.29) is 5.82 Å². The number of ether oxygens (including phenoxy) is 1. The van der Waals surface area contributed by atoms with Gasteiger partial charge < -0.3 is 14.5 Å². The fourth-order valence-corrected chi connectivity index (χ4v) is 2.01. The van der Waals surface area contributed by atoms with E-state index in [9.17, 15) is 4.39 Å². The van der Waals surface area contributed by atoms with Gasteiger partial charge in [0.25, 0.3) is 0 Å². The van der Waals surface area contributed by atoms with Crippen LogP contribution in [0.15, 0.2) is 34.7 Å². The number of halogens is 1. The minimum absolute atomic E-state index is 0.292. The van der Waals surface area contributed by atoms with Crippen molar-refractivity contribution in [3.8, 4) is 5.75 Å². The van der Waals surface area contributed by atoms with Crippen molar-refractivity contribution in [3.63, 3.8) is 0 Å². The molecule has 0 saturated heterocycles. The number of furan rings is 1. The lowest BCUT2D eigenvalue weighted by Crippen LogP contribution is -2.14. The Bertz CT molecular complexity index is 590. The fraction of sp³-hybridized carbons (Fsp3) is 0.375. The zero-order valence-corrected chi connectivity index (χ0v) is 11.5. The van der Waals surface area contributed by atoms with Crippen LogP contribution in [0.5, 0.6) is 5.75 Å². The van der Waals surface area contributed by atoms with Crippen molar-refractivity contribution >= 4 is 0 Å². The van der Waals surface area contributed by atoms with Crippen LogP contribution in [0.1, 0.15) is 29.9 Å². The average molecular weight is 275 g/mol. The highest BCUT2D eigenvalue weighted by atomic mass is 19.1. The quantitative estimate of drug-likeness (QED) is 0.875. The van der Waals surface area contributed by atoms with E-state index in [4.69, 9.17) is 9.15 Å². The third-order valence-corrected chi connectivity index (χ3v) is 3.38. The van der Waals surface area contributed by atoms with E-state index in [1.165, 1.54) is 25.0 Å². The minimum Gasteiger partial charge on any atom is -0.485 e. The summed E-state index contributed by atoms with van der Waals surface area (Å²) < 4.78 is 24.4. The van der Waals surface area contributed by atoms with Crippen LogP contribution < -0.4 is 10.1 Å². The standard InChI is InChI=1S/C16H18FNO2/c1-11-2-3-12(17)8-16(11)19-10-15-7-6-14(20-15)9-18-13-4-5-13/h2-3,6-8,13,18H,4-5,9-10H2,1H3. The summed E-state index contributed by atoms with van der Waals surface area (Å²) in [7, 11) is 0. The molecule has 106 valence electrons. The summed E-state index contributed by atoms with van der Waals surface area (Å²) in [6, 6.07) is 9.04. The predicted molar refractivity (Wildman–Crippen MR) is 74.0 cm³/mol. The molecule has 0 amide bonds. The first-order valence-corrected chi connectivity index (χ1v) is 6.90. The van der Waals surface area contributed by atoms with E-state index >= 15 is 0 Å². The number of rotatable bonds is 6. The van der Waals surface area contributed by atoms with E-state index in [2.05, 4.69) is 5.32 Å². The molecular formula is C16H18FNO2. The van der Waals surface area contributed by atoms with Crippen LogP contribution in [0.3, 0.4) is 0 Å². The maximum absolute atomic E-state index is 13.1. The third-order valence-electron chi connectivity index (χ3n) is 3.38. The second kappa shape index (κ2) is 5.67. The molecule has 0 atom stereocenters. The SMILES string of the molecule is Cc1ccc(F)cc1OCc1ccc(CNC2CC2)o1. The van der Waals surface area contributed by atoms with E-state index in [0.717, 1.165) is 23.6 Å². The van der Waals surface area contributed by atoms with Crippen LogP contribution in [0, 0.1) is 12.7 Å². The topological polar surface area (TPSA) is 34.4 Å². The van der Waals surface area contributed by atoms with Gasteiger partial charge in [0.15, 0.2) is 0 Å². The summed E-state index contributed by atoms with van der Waals surface area (Å²) in [5, 5.41) is 3.39. The third kappa shape index (κ3) is 3.39. The molecule has 0 unspecified atom stereocenters. The van der Waals surface area contributed by atoms with Gasteiger partial charge in [-0.3, -0.25) is 0 Å². The number of nitrogens with one attached hydrogen (secondary N) is 1. The Hall–Kier alpha value is -1.81. The second-order valence-corrected chi connectivity index (χ2v) is 5.22. The number of hydrogen-bond donors (Lipinski definition) is 1. The fourth-order valence-electron chi connectivity index (χ4n) is 2.01. The van der Waals surface area contributed by atoms with Crippen molar-refractivity contribution in [2.24, 2.45) is 0 Å². The Labute approximate surface area is 117 Å². The van der Waals surface area contributed by atoms with E-state index in [1.54, 1.807) is 6.07 Å². The number of aryl methyl sites for hydroxylation is 1. The monoisotopic (exact) mass is 275 g/mol. The highest BCUT2D eigenvalue weighted by molar-refractivity contribution is 5.32. The largest absolute Gasteiger partial charge is 0.485 e. The van der Waals surface area contributed by atoms with Crippen molar-refractivity contribution in [3.05, 3.63) is 53.2 Å². The zero-order chi connectivity index (χ0) is 13.9. The summed E-state index contributed by atoms with van der Waals surface area (Å²) in [6.07, 6.45) is 2.52. The number of hydrogen-bond acceptors (Lipinski definition) is 3. The van der Waals surface area contributed by atoms with Gasteiger partial charge in [-0.15, -0.1) is 0 Å². The second-order valence-electron chi connectivity index (χ2n) is 5.22. The lowest BCUT2D eigenvalue weighted by molar-refractivity contribution is 0.262. The molecule has 0 spiro atoms. The maximum atomic E-state index is 13.1. The Morgan fingerprint density at radius 1 is 1.25 bits per heavy atom. The van der Waals surface area contributed by atoms with Gasteiger partial charge in [0.2, 0.25) is 0 Å². The first kappa shape index (κ1) is 13.2. The first-order valence-electron chi connectivity index (χ1n) is 6.90. The summed E-state index contributed by atoms with van der Waals surface area (Å²) in [4.78, 5) is 0. The van der Waals surface area contributed by atoms with Gasteiger partial charge in [0.05, 0.1) is 6.54 Å². The van der Waals surface area contributed by atoms with Crippen molar-refractivity contribution in [1.82, 2.24) is 5.32 Å². The summed E-state index contributed by atoms with van der Waals surface area (Å²) in [5.41, 5.74) is 0.911. The lowest BCUT2D eigenvalue weighted by Gasteiger charge is -2.07. The van der Waals surface area contributed by atoms with Crippen molar-refractivity contribution < 1.29 is 13.5 Å².